The molecule has 1 N–H and O–H groups in total. The molecule has 8 unspecified atom stereocenters. The van der Waals surface area contributed by atoms with Gasteiger partial charge < -0.3 is 43.0 Å². The highest BCUT2D eigenvalue weighted by Gasteiger charge is 2.72. The molecule has 2 heterocycles. The minimum atomic E-state index is -1.06. The monoisotopic (exact) mass is 1290 g/mol. The van der Waals surface area contributed by atoms with E-state index in [-0.39, 0.29) is 68.8 Å². The molecule has 18 heteroatoms. The van der Waals surface area contributed by atoms with E-state index >= 15 is 0 Å². The number of cyclic esters (lactones) is 1. The highest BCUT2D eigenvalue weighted by molar-refractivity contribution is 5.85. The van der Waals surface area contributed by atoms with Gasteiger partial charge >= 0.3 is 47.8 Å². The van der Waals surface area contributed by atoms with Crippen LogP contribution < -0.4 is 0 Å². The van der Waals surface area contributed by atoms with E-state index in [0.717, 1.165) is 62.7 Å². The van der Waals surface area contributed by atoms with E-state index in [9.17, 15) is 48.7 Å². The molecule has 11 aliphatic carbocycles. The zero-order chi connectivity index (χ0) is 68.8. The van der Waals surface area contributed by atoms with Crippen LogP contribution in [0.25, 0.3) is 0 Å². The molecule has 2 aliphatic heterocycles. The Hall–Kier alpha value is -4.79. The fourth-order valence-corrected chi connectivity index (χ4v) is 16.5. The van der Waals surface area contributed by atoms with Crippen molar-refractivity contribution < 1.29 is 81.4 Å². The third-order valence-corrected chi connectivity index (χ3v) is 24.5. The number of carbonyl (C=O) groups is 8. The fourth-order valence-electron chi connectivity index (χ4n) is 16.5. The van der Waals surface area contributed by atoms with Gasteiger partial charge in [0.1, 0.15) is 29.0 Å². The Bertz CT molecular complexity index is 2730. The third kappa shape index (κ3) is 16.2. The highest BCUT2D eigenvalue weighted by Crippen LogP contribution is 2.65. The number of carbonyl (C=O) groups excluding carboxylic acids is 8. The molecule has 0 spiro atoms. The Labute approximate surface area is 550 Å². The van der Waals surface area contributed by atoms with Gasteiger partial charge in [0.25, 0.3) is 0 Å². The zero-order valence-electron chi connectivity index (χ0n) is 59.7. The smallest absolute Gasteiger partial charge is 0.347 e. The van der Waals surface area contributed by atoms with Crippen LogP contribution in [-0.2, 0) is 76.3 Å². The second-order valence-corrected chi connectivity index (χ2v) is 34.5. The van der Waals surface area contributed by atoms with Crippen molar-refractivity contribution in [2.75, 3.05) is 13.2 Å². The lowest BCUT2D eigenvalue weighted by Crippen LogP contribution is -2.61. The first-order valence-electron chi connectivity index (χ1n) is 35.2. The maximum absolute atomic E-state index is 12.6. The summed E-state index contributed by atoms with van der Waals surface area (Å²) in [6.07, 6.45) is 19.7. The average molecular weight is 1290 g/mol. The Kier molecular flexibility index (Phi) is 22.2. The molecule has 0 aromatic heterocycles. The van der Waals surface area contributed by atoms with Crippen molar-refractivity contribution in [3.05, 3.63) is 0 Å². The number of nitrogens with zero attached hydrogens (tertiary/aromatic N) is 1. The zero-order valence-corrected chi connectivity index (χ0v) is 59.7. The van der Waals surface area contributed by atoms with Crippen LogP contribution in [0.1, 0.15) is 273 Å². The van der Waals surface area contributed by atoms with Crippen molar-refractivity contribution in [2.24, 2.45) is 85.2 Å². The van der Waals surface area contributed by atoms with Crippen LogP contribution >= 0.6 is 0 Å². The van der Waals surface area contributed by atoms with Crippen LogP contribution in [0.3, 0.4) is 0 Å². The summed E-state index contributed by atoms with van der Waals surface area (Å²) in [4.78, 5) is 95.2. The second kappa shape index (κ2) is 27.4. The quantitative estimate of drug-likeness (QED) is 0.0931. The van der Waals surface area contributed by atoms with Crippen LogP contribution in [0.2, 0.25) is 0 Å². The Balaban J connectivity index is 0.000000166. The van der Waals surface area contributed by atoms with E-state index in [1.807, 2.05) is 83.1 Å². The standard InChI is InChI=1S/C19H32O2.C17H21NO6.C16H26O3.C12H22O2.C10H16O4/c1-6-17(2,3)16(20)21-18(4,5)19-10-13-7-14(11-19)9-15(8-13)12-19;1-4-16(2,3)14(20)22-7-11(19)23-12-9-5-10-13(12)24-15(21)17(10,6-9)8-18;1-4-14(2,3)13(17)19-16-8-11-5-12(9-16)7-15(18,6-11)10-16;1-6-11(2,3)10(13)14-12(4,5)9-7-8-9;1-4-10(2,3)9(12)14-7-5-6-13-8(7)11/h13-15H,6-12H2,1-5H3;9-10,12-13H,4-7H2,1-3H3;11-12,18H,4-10H2,1-3H3;9H,6-8H2,1-5H3;7H,4-6H2,1-3H3. The predicted molar refractivity (Wildman–Crippen MR) is 343 cm³/mol. The van der Waals surface area contributed by atoms with Gasteiger partial charge in [-0.2, -0.15) is 5.26 Å². The normalized spacial score (nSPS) is 33.5. The van der Waals surface area contributed by atoms with Crippen LogP contribution in [0.5, 0.6) is 0 Å². The van der Waals surface area contributed by atoms with E-state index in [0.29, 0.717) is 62.9 Å². The molecule has 11 saturated carbocycles. The summed E-state index contributed by atoms with van der Waals surface area (Å²) in [6, 6.07) is 2.10. The molecule has 0 aromatic carbocycles. The van der Waals surface area contributed by atoms with Crippen molar-refractivity contribution in [2.45, 2.75) is 314 Å². The third-order valence-electron chi connectivity index (χ3n) is 24.5. The topological polar surface area (TPSA) is 254 Å². The van der Waals surface area contributed by atoms with Gasteiger partial charge in [-0.1, -0.05) is 34.6 Å². The summed E-state index contributed by atoms with van der Waals surface area (Å²) in [5.74, 6) is 1.61. The number of rotatable bonds is 19. The number of fused-ring (bicyclic) bond motifs is 1. The molecule has 18 nitrogen and oxygen atoms in total. The molecule has 13 rings (SSSR count). The van der Waals surface area contributed by atoms with Crippen LogP contribution in [-0.4, -0.2) is 107 Å². The number of ether oxygens (including phenoxy) is 8. The molecule has 8 atom stereocenters. The van der Waals surface area contributed by atoms with Crippen molar-refractivity contribution in [1.29, 1.82) is 5.26 Å². The molecule has 2 saturated heterocycles. The lowest BCUT2D eigenvalue weighted by molar-refractivity contribution is -0.225. The Morgan fingerprint density at radius 1 is 0.565 bits per heavy atom. The first-order chi connectivity index (χ1) is 42.4. The number of nitriles is 1. The van der Waals surface area contributed by atoms with Gasteiger partial charge in [-0.25, -0.2) is 9.59 Å². The van der Waals surface area contributed by atoms with Gasteiger partial charge in [-0.15, -0.1) is 0 Å². The van der Waals surface area contributed by atoms with Crippen LogP contribution in [0.4, 0.5) is 0 Å². The molecule has 13 aliphatic rings. The molecule has 92 heavy (non-hydrogen) atoms. The summed E-state index contributed by atoms with van der Waals surface area (Å²) >= 11 is 0. The van der Waals surface area contributed by atoms with Crippen molar-refractivity contribution in [1.82, 2.24) is 0 Å². The molecule has 0 amide bonds. The summed E-state index contributed by atoms with van der Waals surface area (Å²) in [6.45, 7) is 37.1. The first-order valence-corrected chi connectivity index (χ1v) is 35.2. The number of esters is 8. The SMILES string of the molecule is CCC(C)(C)C(=O)OC(C)(C)C12CC3CC(CC(C3)C1)C2.CCC(C)(C)C(=O)OC(C)(C)C1CC1.CCC(C)(C)C(=O)OC12CC3CC(CC(O)(C3)C1)C2.CCC(C)(C)C(=O)OC1CCOC1=O.CCC(C)(C)C(=O)OCC(=O)OC1C2CC3C1OC(=O)C3(C#N)C2. The van der Waals surface area contributed by atoms with Crippen LogP contribution in [0, 0.1) is 96.6 Å². The van der Waals surface area contributed by atoms with Crippen molar-refractivity contribution in [3.8, 4) is 6.07 Å². The molecule has 520 valence electrons. The van der Waals surface area contributed by atoms with E-state index in [1.165, 1.54) is 57.8 Å². The predicted octanol–water partition coefficient (Wildman–Crippen LogP) is 13.8. The molecule has 0 radical (unpaired) electrons. The maximum Gasteiger partial charge on any atom is 0.347 e. The van der Waals surface area contributed by atoms with E-state index in [2.05, 4.69) is 26.8 Å². The Morgan fingerprint density at radius 2 is 1.03 bits per heavy atom. The van der Waals surface area contributed by atoms with Gasteiger partial charge in [0.15, 0.2) is 12.0 Å². The maximum atomic E-state index is 12.6. The molecule has 13 fully saturated rings. The van der Waals surface area contributed by atoms with E-state index in [4.69, 9.17) is 37.9 Å². The lowest BCUT2D eigenvalue weighted by Gasteiger charge is -2.61. The van der Waals surface area contributed by atoms with Gasteiger partial charge in [0.05, 0.1) is 45.4 Å². The summed E-state index contributed by atoms with van der Waals surface area (Å²) in [7, 11) is 0. The molecule has 0 aromatic rings. The average Bonchev–Trinajstić information content (AvgIpc) is 1.38. The number of aliphatic hydroxyl groups is 1. The lowest BCUT2D eigenvalue weighted by atomic mass is 9.46. The Morgan fingerprint density at radius 3 is 1.49 bits per heavy atom. The summed E-state index contributed by atoms with van der Waals surface area (Å²) < 4.78 is 43.2. The van der Waals surface area contributed by atoms with Crippen molar-refractivity contribution >= 4 is 47.8 Å². The van der Waals surface area contributed by atoms with E-state index in [1.54, 1.807) is 27.7 Å². The molecule has 10 bridgehead atoms. The van der Waals surface area contributed by atoms with E-state index < -0.39 is 76.1 Å². The fraction of sp³-hybridized carbons (Fsp3) is 0.878. The molecular weight excluding hydrogens is 1170 g/mol. The van der Waals surface area contributed by atoms with Gasteiger partial charge in [0.2, 0.25) is 6.10 Å². The molecular formula is C74H117NO17. The highest BCUT2D eigenvalue weighted by atomic mass is 16.6. The summed E-state index contributed by atoms with van der Waals surface area (Å²) in [5.41, 5.74) is -4.59. The number of hydrogen-bond donors (Lipinski definition) is 1. The first kappa shape index (κ1) is 74.6. The van der Waals surface area contributed by atoms with Gasteiger partial charge in [0, 0.05) is 30.1 Å². The second-order valence-electron chi connectivity index (χ2n) is 34.5. The summed E-state index contributed by atoms with van der Waals surface area (Å²) in [5, 5.41) is 20.0. The largest absolute Gasteiger partial charge is 0.463 e. The number of hydrogen-bond acceptors (Lipinski definition) is 18. The van der Waals surface area contributed by atoms with Crippen molar-refractivity contribution in [3.63, 3.8) is 0 Å². The van der Waals surface area contributed by atoms with Crippen LogP contribution in [0.15, 0.2) is 0 Å². The van der Waals surface area contributed by atoms with Gasteiger partial charge in [-0.05, 0) is 261 Å². The minimum absolute atomic E-state index is 0.00857. The van der Waals surface area contributed by atoms with Gasteiger partial charge in [-0.3, -0.25) is 28.8 Å². The minimum Gasteiger partial charge on any atom is -0.463 e.